The molecule has 0 aliphatic rings. The maximum absolute atomic E-state index is 11.0. The molecule has 0 aromatic rings. The van der Waals surface area contributed by atoms with Gasteiger partial charge in [-0.3, -0.25) is 4.55 Å². The Hall–Kier alpha value is 0.780. The molecule has 0 fully saturated rings. The van der Waals surface area contributed by atoms with Crippen LogP contribution in [0, 0.1) is 0 Å². The Kier molecular flexibility index (Phi) is 11.8. The van der Waals surface area contributed by atoms with E-state index in [1.54, 1.807) is 0 Å². The van der Waals surface area contributed by atoms with Crippen LogP contribution < -0.4 is 0 Å². The van der Waals surface area contributed by atoms with Gasteiger partial charge in [-0.05, 0) is 6.42 Å². The van der Waals surface area contributed by atoms with E-state index in [1.165, 1.54) is 44.9 Å². The van der Waals surface area contributed by atoms with Gasteiger partial charge in [0, 0.05) is 0 Å². The second-order valence-corrected chi connectivity index (χ2v) is 9.43. The van der Waals surface area contributed by atoms with Crippen molar-refractivity contribution in [2.75, 3.05) is 0 Å². The van der Waals surface area contributed by atoms with Gasteiger partial charge in [-0.15, -0.1) is 11.6 Å². The molecule has 0 radical (unpaired) electrons. The third-order valence-electron chi connectivity index (χ3n) is 3.52. The second-order valence-electron chi connectivity index (χ2n) is 5.48. The molecule has 0 heterocycles. The zero-order chi connectivity index (χ0) is 16.4. The Labute approximate surface area is 144 Å². The topological polar surface area (TPSA) is 54.4 Å². The van der Waals surface area contributed by atoms with Crippen LogP contribution in [0.3, 0.4) is 0 Å². The van der Waals surface area contributed by atoms with Crippen LogP contribution in [-0.2, 0) is 10.1 Å². The van der Waals surface area contributed by atoms with Gasteiger partial charge >= 0.3 is 10.1 Å². The van der Waals surface area contributed by atoms with Crippen molar-refractivity contribution < 1.29 is 13.0 Å². The molecule has 7 heteroatoms. The van der Waals surface area contributed by atoms with Gasteiger partial charge in [-0.2, -0.15) is 8.42 Å². The highest BCUT2D eigenvalue weighted by Crippen LogP contribution is 2.37. The number of unbranched alkanes of at least 4 members (excludes halogenated alkanes) is 9. The fourth-order valence-corrected chi connectivity index (χ4v) is 3.29. The Morgan fingerprint density at radius 2 is 1.29 bits per heavy atom. The molecule has 3 nitrogen and oxygen atoms in total. The highest BCUT2D eigenvalue weighted by molar-refractivity contribution is 7.90. The van der Waals surface area contributed by atoms with Crippen LogP contribution in [0.5, 0.6) is 0 Å². The van der Waals surface area contributed by atoms with Gasteiger partial charge in [0.05, 0.1) is 5.38 Å². The van der Waals surface area contributed by atoms with Crippen molar-refractivity contribution in [3.05, 3.63) is 0 Å². The van der Waals surface area contributed by atoms with Gasteiger partial charge in [0.25, 0.3) is 3.67 Å². The Balaban J connectivity index is 3.59. The predicted octanol–water partition coefficient (Wildman–Crippen LogP) is 5.92. The van der Waals surface area contributed by atoms with E-state index in [1.807, 2.05) is 0 Å². The molecular formula is C14H27Cl3O3S. The number of hydrogen-bond donors (Lipinski definition) is 1. The number of rotatable bonds is 13. The van der Waals surface area contributed by atoms with Crippen molar-refractivity contribution in [3.63, 3.8) is 0 Å². The summed E-state index contributed by atoms with van der Waals surface area (Å²) < 4.78 is 28.5. The molecule has 0 bridgehead atoms. The lowest BCUT2D eigenvalue weighted by atomic mass is 10.1. The fraction of sp³-hybridized carbons (Fsp3) is 1.00. The van der Waals surface area contributed by atoms with E-state index in [-0.39, 0.29) is 0 Å². The van der Waals surface area contributed by atoms with E-state index in [9.17, 15) is 8.42 Å². The molecule has 0 aromatic carbocycles. The minimum atomic E-state index is -4.57. The largest absolute Gasteiger partial charge is 0.300 e. The minimum absolute atomic E-state index is 0.366. The second kappa shape index (κ2) is 11.3. The van der Waals surface area contributed by atoms with Crippen LogP contribution in [0.4, 0.5) is 0 Å². The first-order valence-electron chi connectivity index (χ1n) is 7.72. The first kappa shape index (κ1) is 21.8. The van der Waals surface area contributed by atoms with Crippen molar-refractivity contribution >= 4 is 44.9 Å². The molecule has 0 rings (SSSR count). The summed E-state index contributed by atoms with van der Waals surface area (Å²) in [6, 6.07) is 0. The van der Waals surface area contributed by atoms with Crippen molar-refractivity contribution in [3.8, 4) is 0 Å². The lowest BCUT2D eigenvalue weighted by Gasteiger charge is -2.21. The molecule has 0 aliphatic heterocycles. The van der Waals surface area contributed by atoms with Crippen LogP contribution in [0.1, 0.15) is 77.6 Å². The Morgan fingerprint density at radius 3 is 1.67 bits per heavy atom. The summed E-state index contributed by atoms with van der Waals surface area (Å²) in [4.78, 5) is 0. The molecule has 0 spiro atoms. The fourth-order valence-electron chi connectivity index (χ4n) is 2.14. The van der Waals surface area contributed by atoms with Crippen molar-refractivity contribution in [2.45, 2.75) is 86.6 Å². The molecular weight excluding hydrogens is 355 g/mol. The van der Waals surface area contributed by atoms with E-state index in [4.69, 9.17) is 39.4 Å². The number of hydrogen-bond acceptors (Lipinski definition) is 2. The quantitative estimate of drug-likeness (QED) is 0.244. The van der Waals surface area contributed by atoms with Gasteiger partial charge in [-0.1, -0.05) is 94.3 Å². The summed E-state index contributed by atoms with van der Waals surface area (Å²) in [5.74, 6) is 0. The molecule has 0 aliphatic carbocycles. The summed E-state index contributed by atoms with van der Waals surface area (Å²) in [6.07, 6.45) is 12.1. The molecule has 1 atom stereocenters. The average molecular weight is 382 g/mol. The SMILES string of the molecule is CCCCCCCCCCCCC(Cl)C(Cl)(Cl)S(=O)(=O)O. The van der Waals surface area contributed by atoms with E-state index in [0.29, 0.717) is 6.42 Å². The lowest BCUT2D eigenvalue weighted by Crippen LogP contribution is -2.35. The van der Waals surface area contributed by atoms with Gasteiger partial charge in [0.15, 0.2) is 0 Å². The number of alkyl halides is 3. The Bertz CT molecular complexity index is 358. The van der Waals surface area contributed by atoms with Crippen molar-refractivity contribution in [2.24, 2.45) is 0 Å². The normalized spacial score (nSPS) is 14.3. The standard InChI is InChI=1S/C14H27Cl3O3S/c1-2-3-4-5-6-7-8-9-10-11-12-13(15)14(16,17)21(18,19)20/h13H,2-12H2,1H3,(H,18,19,20). The highest BCUT2D eigenvalue weighted by atomic mass is 35.5. The van der Waals surface area contributed by atoms with Crippen molar-refractivity contribution in [1.29, 1.82) is 0 Å². The van der Waals surface area contributed by atoms with Gasteiger partial charge in [0.1, 0.15) is 0 Å². The van der Waals surface area contributed by atoms with Crippen LogP contribution >= 0.6 is 34.8 Å². The predicted molar refractivity (Wildman–Crippen MR) is 92.1 cm³/mol. The minimum Gasteiger partial charge on any atom is -0.283 e. The zero-order valence-corrected chi connectivity index (χ0v) is 15.7. The molecule has 1 unspecified atom stereocenters. The first-order chi connectivity index (χ1) is 9.73. The van der Waals surface area contributed by atoms with E-state index in [0.717, 1.165) is 19.3 Å². The van der Waals surface area contributed by atoms with Gasteiger partial charge in [0.2, 0.25) is 0 Å². The molecule has 128 valence electrons. The third-order valence-corrected chi connectivity index (χ3v) is 7.09. The summed E-state index contributed by atoms with van der Waals surface area (Å²) in [5, 5.41) is -1.01. The monoisotopic (exact) mass is 380 g/mol. The Morgan fingerprint density at radius 1 is 0.905 bits per heavy atom. The molecule has 0 aromatic heterocycles. The van der Waals surface area contributed by atoms with Crippen molar-refractivity contribution in [1.82, 2.24) is 0 Å². The molecule has 0 saturated carbocycles. The number of halogens is 3. The van der Waals surface area contributed by atoms with Crippen LogP contribution in [0.25, 0.3) is 0 Å². The summed E-state index contributed by atoms with van der Waals surface area (Å²) in [6.45, 7) is 2.21. The smallest absolute Gasteiger partial charge is 0.283 e. The van der Waals surface area contributed by atoms with E-state index in [2.05, 4.69) is 6.92 Å². The first-order valence-corrected chi connectivity index (χ1v) is 10.4. The molecule has 1 N–H and O–H groups in total. The zero-order valence-electron chi connectivity index (χ0n) is 12.7. The maximum atomic E-state index is 11.0. The van der Waals surface area contributed by atoms with Gasteiger partial charge < -0.3 is 0 Å². The summed E-state index contributed by atoms with van der Waals surface area (Å²) >= 11 is 17.0. The maximum Gasteiger partial charge on any atom is 0.300 e. The van der Waals surface area contributed by atoms with Gasteiger partial charge in [-0.25, -0.2) is 0 Å². The molecule has 0 saturated heterocycles. The van der Waals surface area contributed by atoms with Crippen LogP contribution in [0.15, 0.2) is 0 Å². The average Bonchev–Trinajstić information content (AvgIpc) is 2.39. The molecule has 21 heavy (non-hydrogen) atoms. The van der Waals surface area contributed by atoms with E-state index < -0.39 is 19.2 Å². The summed E-state index contributed by atoms with van der Waals surface area (Å²) in [7, 11) is -4.57. The van der Waals surface area contributed by atoms with Crippen LogP contribution in [-0.4, -0.2) is 22.0 Å². The van der Waals surface area contributed by atoms with Crippen LogP contribution in [0.2, 0.25) is 0 Å². The van der Waals surface area contributed by atoms with E-state index >= 15 is 0 Å². The molecule has 0 amide bonds. The highest BCUT2D eigenvalue weighted by Gasteiger charge is 2.45. The lowest BCUT2D eigenvalue weighted by molar-refractivity contribution is 0.467. The third kappa shape index (κ3) is 9.50. The summed E-state index contributed by atoms with van der Waals surface area (Å²) in [5.41, 5.74) is 0.